The average molecular weight is 280 g/mol. The first-order valence-corrected chi connectivity index (χ1v) is 5.69. The maximum Gasteiger partial charge on any atom is 0.320 e. The highest BCUT2D eigenvalue weighted by Gasteiger charge is 2.14. The molecule has 1 amide bonds. The van der Waals surface area contributed by atoms with Crippen molar-refractivity contribution in [2.24, 2.45) is 5.10 Å². The fraction of sp³-hybridized carbons (Fsp3) is 0.0909. The van der Waals surface area contributed by atoms with Crippen LogP contribution in [0.15, 0.2) is 34.2 Å². The van der Waals surface area contributed by atoms with Gasteiger partial charge in [0.2, 0.25) is 5.69 Å². The molecule has 0 aliphatic carbocycles. The molecule has 0 bridgehead atoms. The second-order valence-corrected chi connectivity index (χ2v) is 3.99. The molecule has 2 rings (SSSR count). The lowest BCUT2D eigenvalue weighted by Crippen LogP contribution is -2.26. The fourth-order valence-electron chi connectivity index (χ4n) is 1.31. The maximum absolute atomic E-state index is 11.7. The molecule has 0 saturated heterocycles. The number of rotatable bonds is 3. The molecular weight excluding hydrogens is 270 g/mol. The third kappa shape index (κ3) is 2.89. The highest BCUT2D eigenvalue weighted by Crippen LogP contribution is 2.07. The number of carbonyl (C=O) groups is 1. The van der Waals surface area contributed by atoms with E-state index in [4.69, 9.17) is 11.6 Å². The summed E-state index contributed by atoms with van der Waals surface area (Å²) in [6.45, 7) is 0. The highest BCUT2D eigenvalue weighted by atomic mass is 35.5. The van der Waals surface area contributed by atoms with Gasteiger partial charge in [-0.2, -0.15) is 10.3 Å². The Hall–Kier alpha value is -2.41. The van der Waals surface area contributed by atoms with E-state index < -0.39 is 11.5 Å². The number of aromatic amines is 1. The number of H-pyrrole nitrogens is 1. The highest BCUT2D eigenvalue weighted by molar-refractivity contribution is 6.30. The zero-order chi connectivity index (χ0) is 13.8. The van der Waals surface area contributed by atoms with Crippen LogP contribution in [0.3, 0.4) is 0 Å². The van der Waals surface area contributed by atoms with Crippen molar-refractivity contribution in [1.29, 1.82) is 0 Å². The number of hydrogen-bond acceptors (Lipinski definition) is 4. The summed E-state index contributed by atoms with van der Waals surface area (Å²) in [5.41, 5.74) is -0.104. The van der Waals surface area contributed by atoms with Crippen LogP contribution in [-0.4, -0.2) is 34.3 Å². The van der Waals surface area contributed by atoms with Crippen LogP contribution in [0.25, 0.3) is 0 Å². The number of nitrogens with one attached hydrogen (secondary N) is 2. The van der Waals surface area contributed by atoms with Gasteiger partial charge in [-0.3, -0.25) is 9.59 Å². The Kier molecular flexibility index (Phi) is 3.76. The zero-order valence-electron chi connectivity index (χ0n) is 9.92. The quantitative estimate of drug-likeness (QED) is 0.800. The predicted octanol–water partition coefficient (Wildman–Crippen LogP) is 0.467. The summed E-state index contributed by atoms with van der Waals surface area (Å²) in [6.07, 6.45) is 1.45. The molecule has 2 N–H and O–H groups in total. The minimum atomic E-state index is -0.621. The monoisotopic (exact) mass is 279 g/mol. The van der Waals surface area contributed by atoms with Gasteiger partial charge >= 0.3 is 5.56 Å². The van der Waals surface area contributed by atoms with Gasteiger partial charge in [-0.1, -0.05) is 23.7 Å². The average Bonchev–Trinajstić information content (AvgIpc) is 2.79. The van der Waals surface area contributed by atoms with Crippen LogP contribution in [0.4, 0.5) is 0 Å². The molecule has 7 nitrogen and oxygen atoms in total. The van der Waals surface area contributed by atoms with Crippen LogP contribution in [0.2, 0.25) is 5.02 Å². The Morgan fingerprint density at radius 1 is 1.47 bits per heavy atom. The lowest BCUT2D eigenvalue weighted by atomic mass is 10.2. The molecule has 0 radical (unpaired) electrons. The Morgan fingerprint density at radius 2 is 2.16 bits per heavy atom. The summed E-state index contributed by atoms with van der Waals surface area (Å²) in [5, 5.41) is 12.7. The summed E-state index contributed by atoms with van der Waals surface area (Å²) >= 11 is 5.75. The van der Waals surface area contributed by atoms with Crippen molar-refractivity contribution in [3.8, 4) is 0 Å². The van der Waals surface area contributed by atoms with Gasteiger partial charge < -0.3 is 5.32 Å². The van der Waals surface area contributed by atoms with Gasteiger partial charge in [-0.05, 0) is 17.7 Å². The van der Waals surface area contributed by atoms with Crippen LogP contribution < -0.4 is 10.9 Å². The molecular formula is C11H10ClN5O2. The van der Waals surface area contributed by atoms with Gasteiger partial charge in [0.1, 0.15) is 0 Å². The van der Waals surface area contributed by atoms with Gasteiger partial charge in [-0.25, -0.2) is 0 Å². The second kappa shape index (κ2) is 5.49. The van der Waals surface area contributed by atoms with Crippen molar-refractivity contribution >= 4 is 23.7 Å². The summed E-state index contributed by atoms with van der Waals surface area (Å²) in [6, 6.07) is 6.89. The summed E-state index contributed by atoms with van der Waals surface area (Å²) in [5.74, 6) is -0.568. The largest absolute Gasteiger partial charge is 0.354 e. The molecule has 8 heteroatoms. The Balaban J connectivity index is 2.25. The topological polar surface area (TPSA) is 92.1 Å². The Bertz CT molecular complexity index is 671. The fourth-order valence-corrected chi connectivity index (χ4v) is 1.43. The number of amides is 1. The van der Waals surface area contributed by atoms with Gasteiger partial charge in [-0.15, -0.1) is 9.89 Å². The van der Waals surface area contributed by atoms with Crippen molar-refractivity contribution in [3.63, 3.8) is 0 Å². The summed E-state index contributed by atoms with van der Waals surface area (Å²) < 4.78 is 0. The molecule has 0 aliphatic heterocycles. The van der Waals surface area contributed by atoms with E-state index in [0.717, 1.165) is 10.4 Å². The summed E-state index contributed by atoms with van der Waals surface area (Å²) in [4.78, 5) is 23.9. The molecule has 0 unspecified atom stereocenters. The lowest BCUT2D eigenvalue weighted by Gasteiger charge is -1.93. The first kappa shape index (κ1) is 13.0. The number of aromatic nitrogens is 3. The number of carbonyl (C=O) groups excluding carboxylic acids is 1. The first-order chi connectivity index (χ1) is 9.11. The molecule has 2 aromatic rings. The van der Waals surface area contributed by atoms with E-state index in [1.54, 1.807) is 24.3 Å². The molecule has 0 fully saturated rings. The molecule has 1 heterocycles. The smallest absolute Gasteiger partial charge is 0.320 e. The molecule has 0 spiro atoms. The third-order valence-corrected chi connectivity index (χ3v) is 2.54. The van der Waals surface area contributed by atoms with Crippen LogP contribution >= 0.6 is 11.6 Å². The Morgan fingerprint density at radius 3 is 2.79 bits per heavy atom. The van der Waals surface area contributed by atoms with Crippen LogP contribution in [0.1, 0.15) is 16.1 Å². The number of nitrogens with zero attached hydrogens (tertiary/aromatic N) is 3. The predicted molar refractivity (Wildman–Crippen MR) is 70.7 cm³/mol. The lowest BCUT2D eigenvalue weighted by molar-refractivity contribution is 0.0957. The minimum absolute atomic E-state index is 0.240. The molecule has 1 aromatic carbocycles. The molecule has 0 aliphatic rings. The third-order valence-electron chi connectivity index (χ3n) is 2.29. The molecule has 98 valence electrons. The molecule has 19 heavy (non-hydrogen) atoms. The SMILES string of the molecule is CNC(=O)c1n[nH]n(/N=C\c2ccc(Cl)cc2)c1=O. The van der Waals surface area contributed by atoms with E-state index in [1.165, 1.54) is 13.3 Å². The van der Waals surface area contributed by atoms with Crippen LogP contribution in [0, 0.1) is 0 Å². The van der Waals surface area contributed by atoms with Gasteiger partial charge in [0, 0.05) is 12.1 Å². The van der Waals surface area contributed by atoms with E-state index in [-0.39, 0.29) is 5.69 Å². The van der Waals surface area contributed by atoms with E-state index in [1.807, 2.05) is 0 Å². The number of benzene rings is 1. The van der Waals surface area contributed by atoms with E-state index in [0.29, 0.717) is 5.02 Å². The minimum Gasteiger partial charge on any atom is -0.354 e. The molecule has 0 saturated carbocycles. The maximum atomic E-state index is 11.7. The van der Waals surface area contributed by atoms with Crippen molar-refractivity contribution < 1.29 is 4.79 Å². The molecule has 0 atom stereocenters. The van der Waals surface area contributed by atoms with Crippen molar-refractivity contribution in [1.82, 2.24) is 20.4 Å². The van der Waals surface area contributed by atoms with Crippen molar-refractivity contribution in [2.45, 2.75) is 0 Å². The zero-order valence-corrected chi connectivity index (χ0v) is 10.7. The van der Waals surface area contributed by atoms with Crippen molar-refractivity contribution in [2.75, 3.05) is 7.05 Å². The van der Waals surface area contributed by atoms with Gasteiger partial charge in [0.25, 0.3) is 5.91 Å². The van der Waals surface area contributed by atoms with Gasteiger partial charge in [0.05, 0.1) is 6.21 Å². The van der Waals surface area contributed by atoms with E-state index >= 15 is 0 Å². The normalized spacial score (nSPS) is 10.8. The van der Waals surface area contributed by atoms with Crippen LogP contribution in [0.5, 0.6) is 0 Å². The van der Waals surface area contributed by atoms with E-state index in [2.05, 4.69) is 20.7 Å². The summed E-state index contributed by atoms with van der Waals surface area (Å²) in [7, 11) is 1.41. The second-order valence-electron chi connectivity index (χ2n) is 3.55. The van der Waals surface area contributed by atoms with Crippen molar-refractivity contribution in [3.05, 3.63) is 50.9 Å². The van der Waals surface area contributed by atoms with Crippen LogP contribution in [-0.2, 0) is 0 Å². The van der Waals surface area contributed by atoms with E-state index in [9.17, 15) is 9.59 Å². The van der Waals surface area contributed by atoms with Gasteiger partial charge in [0.15, 0.2) is 0 Å². The standard InChI is InChI=1S/C11H10ClN5O2/c1-13-10(18)9-11(19)17(16-15-9)14-6-7-2-4-8(12)5-3-7/h2-6,16H,1H3,(H,13,18)/b14-6-. The molecule has 1 aromatic heterocycles. The first-order valence-electron chi connectivity index (χ1n) is 5.31. The number of halogens is 1. The Labute approximate surface area is 112 Å². The number of hydrogen-bond donors (Lipinski definition) is 2.